The van der Waals surface area contributed by atoms with Gasteiger partial charge < -0.3 is 15.7 Å². The van der Waals surface area contributed by atoms with Crippen LogP contribution in [0.15, 0.2) is 24.3 Å². The maximum absolute atomic E-state index is 9.18. The Morgan fingerprint density at radius 3 is 2.62 bits per heavy atom. The van der Waals surface area contributed by atoms with Gasteiger partial charge in [0.15, 0.2) is 0 Å². The second kappa shape index (κ2) is 6.51. The Kier molecular flexibility index (Phi) is 5.29. The summed E-state index contributed by atoms with van der Waals surface area (Å²) in [7, 11) is 2.07. The third-order valence-corrected chi connectivity index (χ3v) is 2.75. The minimum absolute atomic E-state index is 0.218. The molecule has 3 N–H and O–H groups in total. The van der Waals surface area contributed by atoms with E-state index in [1.807, 2.05) is 25.1 Å². The standard InChI is InChI=1S/C13H22N2O/c1-11(16)7-9-15(2)10-8-12-5-3-4-6-13(12)14/h3-6,11,16H,7-10,14H2,1-2H3. The van der Waals surface area contributed by atoms with E-state index in [4.69, 9.17) is 5.73 Å². The normalized spacial score (nSPS) is 13.0. The third kappa shape index (κ3) is 4.64. The molecule has 0 aliphatic rings. The van der Waals surface area contributed by atoms with Gasteiger partial charge in [0.05, 0.1) is 6.10 Å². The zero-order valence-electron chi connectivity index (χ0n) is 10.2. The Morgan fingerprint density at radius 1 is 1.31 bits per heavy atom. The molecule has 0 radical (unpaired) electrons. The average Bonchev–Trinajstić information content (AvgIpc) is 2.25. The molecule has 1 aromatic carbocycles. The van der Waals surface area contributed by atoms with Crippen LogP contribution in [0.2, 0.25) is 0 Å². The number of para-hydroxylation sites is 1. The summed E-state index contributed by atoms with van der Waals surface area (Å²) in [6, 6.07) is 7.97. The fraction of sp³-hybridized carbons (Fsp3) is 0.538. The zero-order valence-corrected chi connectivity index (χ0v) is 10.2. The van der Waals surface area contributed by atoms with Crippen molar-refractivity contribution in [2.75, 3.05) is 25.9 Å². The number of hydrogen-bond donors (Lipinski definition) is 2. The van der Waals surface area contributed by atoms with E-state index in [1.54, 1.807) is 0 Å². The summed E-state index contributed by atoms with van der Waals surface area (Å²) in [4.78, 5) is 2.22. The Bertz CT molecular complexity index is 313. The van der Waals surface area contributed by atoms with Gasteiger partial charge in [0, 0.05) is 18.8 Å². The molecule has 0 saturated carbocycles. The van der Waals surface area contributed by atoms with Crippen LogP contribution >= 0.6 is 0 Å². The van der Waals surface area contributed by atoms with Crippen molar-refractivity contribution < 1.29 is 5.11 Å². The van der Waals surface area contributed by atoms with E-state index >= 15 is 0 Å². The van der Waals surface area contributed by atoms with Crippen LogP contribution < -0.4 is 5.73 Å². The number of nitrogen functional groups attached to an aromatic ring is 1. The monoisotopic (exact) mass is 222 g/mol. The van der Waals surface area contributed by atoms with Gasteiger partial charge in [0.1, 0.15) is 0 Å². The molecule has 0 aromatic heterocycles. The first-order chi connectivity index (χ1) is 7.59. The van der Waals surface area contributed by atoms with E-state index in [0.717, 1.165) is 31.6 Å². The van der Waals surface area contributed by atoms with Gasteiger partial charge in [0.2, 0.25) is 0 Å². The van der Waals surface area contributed by atoms with Crippen LogP contribution in [0.5, 0.6) is 0 Å². The van der Waals surface area contributed by atoms with Crippen LogP contribution in [-0.4, -0.2) is 36.2 Å². The Labute approximate surface area is 97.9 Å². The van der Waals surface area contributed by atoms with Crippen molar-refractivity contribution >= 4 is 5.69 Å². The minimum atomic E-state index is -0.218. The first-order valence-corrected chi connectivity index (χ1v) is 5.79. The molecule has 0 fully saturated rings. The predicted octanol–water partition coefficient (Wildman–Crippen LogP) is 1.51. The molecule has 0 bridgehead atoms. The van der Waals surface area contributed by atoms with Gasteiger partial charge >= 0.3 is 0 Å². The van der Waals surface area contributed by atoms with Crippen molar-refractivity contribution in [3.63, 3.8) is 0 Å². The molecule has 90 valence electrons. The fourth-order valence-corrected chi connectivity index (χ4v) is 1.59. The summed E-state index contributed by atoms with van der Waals surface area (Å²) in [6.07, 6.45) is 1.56. The lowest BCUT2D eigenvalue weighted by atomic mass is 10.1. The van der Waals surface area contributed by atoms with Crippen LogP contribution in [0.25, 0.3) is 0 Å². The van der Waals surface area contributed by atoms with Gasteiger partial charge in [-0.25, -0.2) is 0 Å². The van der Waals surface area contributed by atoms with Gasteiger partial charge in [-0.2, -0.15) is 0 Å². The summed E-state index contributed by atoms with van der Waals surface area (Å²) >= 11 is 0. The maximum Gasteiger partial charge on any atom is 0.0524 e. The summed E-state index contributed by atoms with van der Waals surface area (Å²) in [5.74, 6) is 0. The third-order valence-electron chi connectivity index (χ3n) is 2.75. The lowest BCUT2D eigenvalue weighted by Crippen LogP contribution is -2.25. The number of aliphatic hydroxyl groups is 1. The molecule has 0 spiro atoms. The number of nitrogens with two attached hydrogens (primary N) is 1. The summed E-state index contributed by atoms with van der Waals surface area (Å²) in [6.45, 7) is 3.72. The number of likely N-dealkylation sites (N-methyl/N-ethyl adjacent to an activating group) is 1. The number of rotatable bonds is 6. The first kappa shape index (κ1) is 13.0. The highest BCUT2D eigenvalue weighted by Gasteiger charge is 2.03. The Balaban J connectivity index is 2.31. The number of benzene rings is 1. The molecule has 0 saturated heterocycles. The number of aliphatic hydroxyl groups excluding tert-OH is 1. The molecular formula is C13H22N2O. The predicted molar refractivity (Wildman–Crippen MR) is 68.4 cm³/mol. The molecule has 0 amide bonds. The molecule has 0 aliphatic heterocycles. The quantitative estimate of drug-likeness (QED) is 0.717. The van der Waals surface area contributed by atoms with Crippen LogP contribution in [-0.2, 0) is 6.42 Å². The van der Waals surface area contributed by atoms with Gasteiger partial charge in [-0.3, -0.25) is 0 Å². The van der Waals surface area contributed by atoms with Crippen molar-refractivity contribution in [3.8, 4) is 0 Å². The van der Waals surface area contributed by atoms with Crippen LogP contribution in [0, 0.1) is 0 Å². The van der Waals surface area contributed by atoms with Crippen LogP contribution in [0.1, 0.15) is 18.9 Å². The van der Waals surface area contributed by atoms with Crippen molar-refractivity contribution in [3.05, 3.63) is 29.8 Å². The van der Waals surface area contributed by atoms with E-state index in [-0.39, 0.29) is 6.10 Å². The molecule has 3 nitrogen and oxygen atoms in total. The minimum Gasteiger partial charge on any atom is -0.399 e. The van der Waals surface area contributed by atoms with Crippen LogP contribution in [0.4, 0.5) is 5.69 Å². The largest absolute Gasteiger partial charge is 0.399 e. The second-order valence-electron chi connectivity index (χ2n) is 4.39. The molecule has 3 heteroatoms. The molecule has 0 heterocycles. The molecule has 1 rings (SSSR count). The van der Waals surface area contributed by atoms with Gasteiger partial charge in [0.25, 0.3) is 0 Å². The molecule has 1 atom stereocenters. The molecule has 1 aromatic rings. The number of anilines is 1. The van der Waals surface area contributed by atoms with Crippen molar-refractivity contribution in [2.45, 2.75) is 25.9 Å². The lowest BCUT2D eigenvalue weighted by molar-refractivity contribution is 0.165. The second-order valence-corrected chi connectivity index (χ2v) is 4.39. The van der Waals surface area contributed by atoms with Gasteiger partial charge in [-0.05, 0) is 38.4 Å². The summed E-state index contributed by atoms with van der Waals surface area (Å²) < 4.78 is 0. The average molecular weight is 222 g/mol. The summed E-state index contributed by atoms with van der Waals surface area (Å²) in [5.41, 5.74) is 7.94. The van der Waals surface area contributed by atoms with Gasteiger partial charge in [-0.15, -0.1) is 0 Å². The summed E-state index contributed by atoms with van der Waals surface area (Å²) in [5, 5.41) is 9.18. The smallest absolute Gasteiger partial charge is 0.0524 e. The van der Waals surface area contributed by atoms with E-state index in [9.17, 15) is 5.11 Å². The molecule has 1 unspecified atom stereocenters. The van der Waals surface area contributed by atoms with Crippen molar-refractivity contribution in [1.82, 2.24) is 4.90 Å². The van der Waals surface area contributed by atoms with Crippen molar-refractivity contribution in [1.29, 1.82) is 0 Å². The maximum atomic E-state index is 9.18. The van der Waals surface area contributed by atoms with Crippen LogP contribution in [0.3, 0.4) is 0 Å². The van der Waals surface area contributed by atoms with E-state index < -0.39 is 0 Å². The molecule has 0 aliphatic carbocycles. The Morgan fingerprint density at radius 2 is 2.00 bits per heavy atom. The lowest BCUT2D eigenvalue weighted by Gasteiger charge is -2.17. The van der Waals surface area contributed by atoms with E-state index in [0.29, 0.717) is 0 Å². The van der Waals surface area contributed by atoms with E-state index in [2.05, 4.69) is 18.0 Å². The topological polar surface area (TPSA) is 49.5 Å². The highest BCUT2D eigenvalue weighted by Crippen LogP contribution is 2.11. The SMILES string of the molecule is CC(O)CCN(C)CCc1ccccc1N. The Hall–Kier alpha value is -1.06. The zero-order chi connectivity index (χ0) is 12.0. The fourth-order valence-electron chi connectivity index (χ4n) is 1.59. The van der Waals surface area contributed by atoms with Crippen molar-refractivity contribution in [2.24, 2.45) is 0 Å². The van der Waals surface area contributed by atoms with Gasteiger partial charge in [-0.1, -0.05) is 18.2 Å². The highest BCUT2D eigenvalue weighted by atomic mass is 16.3. The molecular weight excluding hydrogens is 200 g/mol. The highest BCUT2D eigenvalue weighted by molar-refractivity contribution is 5.46. The molecule has 16 heavy (non-hydrogen) atoms. The first-order valence-electron chi connectivity index (χ1n) is 5.79. The number of hydrogen-bond acceptors (Lipinski definition) is 3. The number of nitrogens with zero attached hydrogens (tertiary/aromatic N) is 1. The van der Waals surface area contributed by atoms with E-state index in [1.165, 1.54) is 5.56 Å².